The molecule has 0 amide bonds. The van der Waals surface area contributed by atoms with Gasteiger partial charge in [-0.1, -0.05) is 36.4 Å². The Bertz CT molecular complexity index is 997. The summed E-state index contributed by atoms with van der Waals surface area (Å²) in [5.74, 6) is -0.634. The number of alkyl halides is 3. The van der Waals surface area contributed by atoms with E-state index in [1.54, 1.807) is 31.2 Å². The van der Waals surface area contributed by atoms with Gasteiger partial charge < -0.3 is 4.55 Å². The van der Waals surface area contributed by atoms with Crippen molar-refractivity contribution in [2.45, 2.75) is 25.4 Å². The molecule has 3 aromatic rings. The monoisotopic (exact) mass is 412 g/mol. The van der Waals surface area contributed by atoms with Crippen LogP contribution in [0.1, 0.15) is 18.2 Å². The molecule has 0 saturated heterocycles. The zero-order chi connectivity index (χ0) is 20.5. The Morgan fingerprint density at radius 2 is 1.61 bits per heavy atom. The number of rotatable bonds is 5. The van der Waals surface area contributed by atoms with Gasteiger partial charge in [0, 0.05) is 17.7 Å². The van der Waals surface area contributed by atoms with E-state index in [4.69, 9.17) is 4.55 Å². The molecule has 1 N–H and O–H groups in total. The summed E-state index contributed by atoms with van der Waals surface area (Å²) in [6, 6.07) is 11.0. The second-order valence-electron chi connectivity index (χ2n) is 6.06. The fourth-order valence-electron chi connectivity index (χ4n) is 2.97. The summed E-state index contributed by atoms with van der Waals surface area (Å²) in [6.07, 6.45) is -4.65. The Kier molecular flexibility index (Phi) is 5.66. The summed E-state index contributed by atoms with van der Waals surface area (Å²) in [5, 5.41) is 4.15. The van der Waals surface area contributed by atoms with Crippen LogP contribution in [0.5, 0.6) is 0 Å². The van der Waals surface area contributed by atoms with Crippen LogP contribution in [0.4, 0.5) is 17.6 Å². The molecule has 1 aromatic heterocycles. The molecule has 2 aromatic carbocycles. The topological polar surface area (TPSA) is 55.1 Å². The van der Waals surface area contributed by atoms with E-state index in [9.17, 15) is 21.8 Å². The lowest BCUT2D eigenvalue weighted by Gasteiger charge is -2.12. The van der Waals surface area contributed by atoms with Gasteiger partial charge in [-0.3, -0.25) is 4.68 Å². The highest BCUT2D eigenvalue weighted by Gasteiger charge is 2.40. The van der Waals surface area contributed by atoms with E-state index >= 15 is 0 Å². The van der Waals surface area contributed by atoms with Crippen molar-refractivity contribution < 1.29 is 26.3 Å². The van der Waals surface area contributed by atoms with Crippen molar-refractivity contribution in [1.29, 1.82) is 0 Å². The molecule has 0 spiro atoms. The Morgan fingerprint density at radius 3 is 2.11 bits per heavy atom. The third kappa shape index (κ3) is 4.15. The molecule has 0 fully saturated rings. The zero-order valence-corrected chi connectivity index (χ0v) is 15.5. The molecule has 0 aliphatic rings. The van der Waals surface area contributed by atoms with Crippen molar-refractivity contribution in [3.05, 3.63) is 65.6 Å². The fourth-order valence-corrected chi connectivity index (χ4v) is 3.45. The van der Waals surface area contributed by atoms with Gasteiger partial charge in [0.25, 0.3) is 0 Å². The fraction of sp³-hybridized carbons (Fsp3) is 0.211. The Labute approximate surface area is 161 Å². The third-order valence-electron chi connectivity index (χ3n) is 4.17. The largest absolute Gasteiger partial charge is 0.433 e. The minimum atomic E-state index is -4.65. The highest BCUT2D eigenvalue weighted by Crippen LogP contribution is 2.42. The first-order valence-electron chi connectivity index (χ1n) is 8.31. The van der Waals surface area contributed by atoms with Gasteiger partial charge >= 0.3 is 6.18 Å². The molecular formula is C19H16F4N2O2S. The summed E-state index contributed by atoms with van der Waals surface area (Å²) >= 11 is -2.02. The second-order valence-corrected chi connectivity index (χ2v) is 6.99. The molecule has 28 heavy (non-hydrogen) atoms. The first kappa shape index (κ1) is 20.2. The van der Waals surface area contributed by atoms with Crippen molar-refractivity contribution >= 4 is 11.1 Å². The molecular weight excluding hydrogens is 396 g/mol. The summed E-state index contributed by atoms with van der Waals surface area (Å²) < 4.78 is 75.5. The van der Waals surface area contributed by atoms with Crippen LogP contribution in [0, 0.1) is 5.82 Å². The molecule has 0 radical (unpaired) electrons. The molecule has 148 valence electrons. The smallest absolute Gasteiger partial charge is 0.306 e. The van der Waals surface area contributed by atoms with Crippen LogP contribution in [0.15, 0.2) is 48.5 Å². The van der Waals surface area contributed by atoms with Crippen molar-refractivity contribution in [2.75, 3.05) is 0 Å². The van der Waals surface area contributed by atoms with Crippen LogP contribution >= 0.6 is 0 Å². The van der Waals surface area contributed by atoms with Crippen LogP contribution in [0.2, 0.25) is 0 Å². The summed E-state index contributed by atoms with van der Waals surface area (Å²) in [4.78, 5) is 0. The lowest BCUT2D eigenvalue weighted by atomic mass is 9.98. The maximum atomic E-state index is 13.8. The van der Waals surface area contributed by atoms with Crippen LogP contribution in [0.25, 0.3) is 22.4 Å². The standard InChI is InChI=1S/C19H16F4N2O2S/c1-2-25-18(19(21,22)23)16(13-7-9-15(20)10-8-13)17(24-25)14-5-3-12(4-6-14)11-28(26)27/h3-10H,2,11H2,1H3,(H,26,27). The summed E-state index contributed by atoms with van der Waals surface area (Å²) in [6.45, 7) is 1.56. The van der Waals surface area contributed by atoms with Crippen molar-refractivity contribution in [2.24, 2.45) is 0 Å². The highest BCUT2D eigenvalue weighted by atomic mass is 32.2. The minimum Gasteiger partial charge on any atom is -0.306 e. The molecule has 9 heteroatoms. The highest BCUT2D eigenvalue weighted by molar-refractivity contribution is 7.78. The number of hydrogen-bond acceptors (Lipinski definition) is 2. The van der Waals surface area contributed by atoms with E-state index in [-0.39, 0.29) is 29.1 Å². The Morgan fingerprint density at radius 1 is 1.04 bits per heavy atom. The van der Waals surface area contributed by atoms with Gasteiger partial charge in [-0.2, -0.15) is 18.3 Å². The average Bonchev–Trinajstić information content (AvgIpc) is 3.02. The summed E-state index contributed by atoms with van der Waals surface area (Å²) in [5.41, 5.74) is 0.259. The lowest BCUT2D eigenvalue weighted by Crippen LogP contribution is -2.14. The molecule has 0 saturated carbocycles. The normalized spacial score (nSPS) is 12.9. The number of nitrogens with zero attached hydrogens (tertiary/aromatic N) is 2. The summed E-state index contributed by atoms with van der Waals surface area (Å²) in [7, 11) is 0. The van der Waals surface area contributed by atoms with Crippen LogP contribution in [-0.2, 0) is 29.6 Å². The predicted octanol–water partition coefficient (Wildman–Crippen LogP) is 5.12. The predicted molar refractivity (Wildman–Crippen MR) is 98.2 cm³/mol. The van der Waals surface area contributed by atoms with E-state index in [0.717, 1.165) is 16.8 Å². The number of halogens is 4. The lowest BCUT2D eigenvalue weighted by molar-refractivity contribution is -0.143. The van der Waals surface area contributed by atoms with Gasteiger partial charge in [-0.25, -0.2) is 8.60 Å². The van der Waals surface area contributed by atoms with Crippen molar-refractivity contribution in [3.8, 4) is 22.4 Å². The minimum absolute atomic E-state index is 0.00458. The maximum absolute atomic E-state index is 13.8. The molecule has 1 unspecified atom stereocenters. The van der Waals surface area contributed by atoms with Gasteiger partial charge in [-0.15, -0.1) is 0 Å². The van der Waals surface area contributed by atoms with E-state index in [0.29, 0.717) is 11.1 Å². The SMILES string of the molecule is CCn1nc(-c2ccc(CS(=O)O)cc2)c(-c2ccc(F)cc2)c1C(F)(F)F. The van der Waals surface area contributed by atoms with Gasteiger partial charge in [0.15, 0.2) is 16.8 Å². The van der Waals surface area contributed by atoms with Gasteiger partial charge in [0.1, 0.15) is 11.5 Å². The molecule has 3 rings (SSSR count). The van der Waals surface area contributed by atoms with Crippen molar-refractivity contribution in [3.63, 3.8) is 0 Å². The number of hydrogen-bond donors (Lipinski definition) is 1. The average molecular weight is 412 g/mol. The van der Waals surface area contributed by atoms with Gasteiger partial charge in [0.2, 0.25) is 0 Å². The first-order valence-corrected chi connectivity index (χ1v) is 9.59. The van der Waals surface area contributed by atoms with Crippen LogP contribution in [-0.4, -0.2) is 18.5 Å². The Balaban J connectivity index is 2.21. The molecule has 0 aliphatic carbocycles. The molecule has 0 bridgehead atoms. The number of aryl methyl sites for hydroxylation is 1. The third-order valence-corrected chi connectivity index (χ3v) is 4.75. The molecule has 4 nitrogen and oxygen atoms in total. The van der Waals surface area contributed by atoms with E-state index in [1.807, 2.05) is 0 Å². The van der Waals surface area contributed by atoms with Crippen LogP contribution < -0.4 is 0 Å². The quantitative estimate of drug-likeness (QED) is 0.468. The number of aromatic nitrogens is 2. The number of benzene rings is 2. The molecule has 1 atom stereocenters. The van der Waals surface area contributed by atoms with E-state index < -0.39 is 28.8 Å². The Hall–Kier alpha value is -2.52. The van der Waals surface area contributed by atoms with Gasteiger partial charge in [0.05, 0.1) is 5.75 Å². The maximum Gasteiger partial charge on any atom is 0.433 e. The second kappa shape index (κ2) is 7.84. The zero-order valence-electron chi connectivity index (χ0n) is 14.7. The van der Waals surface area contributed by atoms with Crippen molar-refractivity contribution in [1.82, 2.24) is 9.78 Å². The molecule has 0 aliphatic heterocycles. The molecule has 1 heterocycles. The van der Waals surface area contributed by atoms with E-state index in [2.05, 4.69) is 5.10 Å². The van der Waals surface area contributed by atoms with Crippen LogP contribution in [0.3, 0.4) is 0 Å². The van der Waals surface area contributed by atoms with Gasteiger partial charge in [-0.05, 0) is 30.2 Å². The first-order chi connectivity index (χ1) is 13.2. The van der Waals surface area contributed by atoms with E-state index in [1.165, 1.54) is 12.1 Å².